The molecule has 0 radical (unpaired) electrons. The Labute approximate surface area is 159 Å². The minimum atomic E-state index is -0.248. The Morgan fingerprint density at radius 1 is 0.926 bits per heavy atom. The molecule has 0 aliphatic carbocycles. The lowest BCUT2D eigenvalue weighted by atomic mass is 10.1. The number of methoxy groups -OCH3 is 3. The third-order valence-electron chi connectivity index (χ3n) is 3.94. The van der Waals surface area contributed by atoms with E-state index in [0.717, 1.165) is 5.56 Å². The molecule has 2 aromatic rings. The topological polar surface area (TPSA) is 64.1 Å². The number of benzene rings is 2. The van der Waals surface area contributed by atoms with Crippen molar-refractivity contribution in [1.29, 1.82) is 0 Å². The molecular weight excluding hydrogens is 349 g/mol. The van der Waals surface area contributed by atoms with Crippen LogP contribution in [0.1, 0.15) is 18.1 Å². The van der Waals surface area contributed by atoms with Crippen molar-refractivity contribution in [2.24, 2.45) is 4.99 Å². The first-order valence-corrected chi connectivity index (χ1v) is 8.68. The SMILES string of the molecule is CCNC(=NCc1ccc(OC)c(OC)c1OC)NCc1ccccc1F. The van der Waals surface area contributed by atoms with Crippen LogP contribution < -0.4 is 24.8 Å². The lowest BCUT2D eigenvalue weighted by Gasteiger charge is -2.16. The second-order valence-corrected chi connectivity index (χ2v) is 5.63. The third kappa shape index (κ3) is 5.26. The highest BCUT2D eigenvalue weighted by Crippen LogP contribution is 2.39. The fourth-order valence-corrected chi connectivity index (χ4v) is 2.61. The van der Waals surface area contributed by atoms with Crippen molar-refractivity contribution >= 4 is 5.96 Å². The number of rotatable bonds is 8. The van der Waals surface area contributed by atoms with E-state index in [4.69, 9.17) is 14.2 Å². The maximum absolute atomic E-state index is 13.8. The highest BCUT2D eigenvalue weighted by Gasteiger charge is 2.15. The summed E-state index contributed by atoms with van der Waals surface area (Å²) in [7, 11) is 4.71. The molecule has 0 aromatic heterocycles. The maximum atomic E-state index is 13.8. The van der Waals surface area contributed by atoms with Crippen molar-refractivity contribution in [3.05, 3.63) is 53.3 Å². The zero-order valence-corrected chi connectivity index (χ0v) is 16.1. The van der Waals surface area contributed by atoms with E-state index in [1.165, 1.54) is 6.07 Å². The van der Waals surface area contributed by atoms with Crippen LogP contribution in [0, 0.1) is 5.82 Å². The van der Waals surface area contributed by atoms with E-state index in [0.29, 0.717) is 48.4 Å². The largest absolute Gasteiger partial charge is 0.493 e. The predicted octanol–water partition coefficient (Wildman–Crippen LogP) is 3.11. The van der Waals surface area contributed by atoms with Crippen LogP contribution in [-0.4, -0.2) is 33.8 Å². The van der Waals surface area contributed by atoms with E-state index >= 15 is 0 Å². The van der Waals surface area contributed by atoms with Crippen molar-refractivity contribution in [1.82, 2.24) is 10.6 Å². The molecule has 0 unspecified atom stereocenters. The highest BCUT2D eigenvalue weighted by molar-refractivity contribution is 5.79. The van der Waals surface area contributed by atoms with Gasteiger partial charge in [-0.15, -0.1) is 0 Å². The molecule has 0 aliphatic heterocycles. The van der Waals surface area contributed by atoms with Crippen LogP contribution in [0.4, 0.5) is 4.39 Å². The van der Waals surface area contributed by atoms with Gasteiger partial charge in [-0.3, -0.25) is 0 Å². The summed E-state index contributed by atoms with van der Waals surface area (Å²) in [5, 5.41) is 6.29. The second-order valence-electron chi connectivity index (χ2n) is 5.63. The molecule has 2 rings (SSSR count). The van der Waals surface area contributed by atoms with Gasteiger partial charge >= 0.3 is 0 Å². The number of hydrogen-bond donors (Lipinski definition) is 2. The van der Waals surface area contributed by atoms with Gasteiger partial charge in [-0.1, -0.05) is 18.2 Å². The molecule has 0 spiro atoms. The number of nitrogens with zero attached hydrogens (tertiary/aromatic N) is 1. The standard InChI is InChI=1S/C20H26FN3O3/c1-5-22-20(23-12-14-8-6-7-9-16(14)21)24-13-15-10-11-17(25-2)19(27-4)18(15)26-3/h6-11H,5,12-13H2,1-4H3,(H2,22,23,24). The van der Waals surface area contributed by atoms with Crippen LogP contribution in [0.25, 0.3) is 0 Å². The first-order valence-electron chi connectivity index (χ1n) is 8.68. The normalized spacial score (nSPS) is 11.1. The highest BCUT2D eigenvalue weighted by atomic mass is 19.1. The molecule has 2 aromatic carbocycles. The zero-order chi connectivity index (χ0) is 19.6. The molecule has 0 atom stereocenters. The fourth-order valence-electron chi connectivity index (χ4n) is 2.61. The Kier molecular flexibility index (Phi) is 7.73. The van der Waals surface area contributed by atoms with Crippen molar-refractivity contribution in [2.75, 3.05) is 27.9 Å². The molecule has 0 fully saturated rings. The smallest absolute Gasteiger partial charge is 0.203 e. The van der Waals surface area contributed by atoms with Gasteiger partial charge in [0.25, 0.3) is 0 Å². The summed E-state index contributed by atoms with van der Waals surface area (Å²) in [5.41, 5.74) is 1.42. The molecular formula is C20H26FN3O3. The Hall–Kier alpha value is -2.96. The average molecular weight is 375 g/mol. The van der Waals surface area contributed by atoms with Gasteiger partial charge in [0.1, 0.15) is 5.82 Å². The number of ether oxygens (including phenoxy) is 3. The summed E-state index contributed by atoms with van der Waals surface area (Å²) >= 11 is 0. The van der Waals surface area contributed by atoms with Crippen molar-refractivity contribution in [3.8, 4) is 17.2 Å². The van der Waals surface area contributed by atoms with Gasteiger partial charge in [0, 0.05) is 24.2 Å². The second kappa shape index (κ2) is 10.3. The molecule has 7 heteroatoms. The van der Waals surface area contributed by atoms with E-state index in [9.17, 15) is 4.39 Å². The van der Waals surface area contributed by atoms with Gasteiger partial charge in [-0.05, 0) is 25.1 Å². The van der Waals surface area contributed by atoms with Crippen LogP contribution in [0.15, 0.2) is 41.4 Å². The Balaban J connectivity index is 2.18. The molecule has 6 nitrogen and oxygen atoms in total. The van der Waals surface area contributed by atoms with Gasteiger partial charge in [-0.2, -0.15) is 0 Å². The molecule has 0 aliphatic rings. The van der Waals surface area contributed by atoms with Crippen LogP contribution in [-0.2, 0) is 13.1 Å². The number of nitrogens with one attached hydrogen (secondary N) is 2. The summed E-state index contributed by atoms with van der Waals surface area (Å²) < 4.78 is 30.0. The van der Waals surface area contributed by atoms with E-state index in [1.807, 2.05) is 19.1 Å². The zero-order valence-electron chi connectivity index (χ0n) is 16.1. The van der Waals surface area contributed by atoms with Crippen LogP contribution in [0.5, 0.6) is 17.2 Å². The number of aliphatic imine (C=N–C) groups is 1. The van der Waals surface area contributed by atoms with Gasteiger partial charge in [0.15, 0.2) is 17.5 Å². The Bertz CT molecular complexity index is 781. The molecule has 0 heterocycles. The van der Waals surface area contributed by atoms with E-state index < -0.39 is 0 Å². The summed E-state index contributed by atoms with van der Waals surface area (Å²) in [5.74, 6) is 2.02. The summed E-state index contributed by atoms with van der Waals surface area (Å²) in [6.07, 6.45) is 0. The van der Waals surface area contributed by atoms with Crippen molar-refractivity contribution < 1.29 is 18.6 Å². The molecule has 146 valence electrons. The first kappa shape index (κ1) is 20.4. The lowest BCUT2D eigenvalue weighted by molar-refractivity contribution is 0.322. The lowest BCUT2D eigenvalue weighted by Crippen LogP contribution is -2.37. The monoisotopic (exact) mass is 375 g/mol. The summed E-state index contributed by atoms with van der Waals surface area (Å²) in [6.45, 7) is 3.35. The predicted molar refractivity (Wildman–Crippen MR) is 104 cm³/mol. The quantitative estimate of drug-likeness (QED) is 0.548. The summed E-state index contributed by atoms with van der Waals surface area (Å²) in [6, 6.07) is 10.3. The number of hydrogen-bond acceptors (Lipinski definition) is 4. The van der Waals surface area contributed by atoms with Crippen LogP contribution >= 0.6 is 0 Å². The average Bonchev–Trinajstić information content (AvgIpc) is 2.70. The van der Waals surface area contributed by atoms with E-state index in [2.05, 4.69) is 15.6 Å². The molecule has 0 amide bonds. The van der Waals surface area contributed by atoms with Gasteiger partial charge < -0.3 is 24.8 Å². The van der Waals surface area contributed by atoms with E-state index in [-0.39, 0.29) is 5.82 Å². The fraction of sp³-hybridized carbons (Fsp3) is 0.350. The van der Waals surface area contributed by atoms with E-state index in [1.54, 1.807) is 39.5 Å². The molecule has 2 N–H and O–H groups in total. The van der Waals surface area contributed by atoms with Crippen LogP contribution in [0.3, 0.4) is 0 Å². The number of guanidine groups is 1. The van der Waals surface area contributed by atoms with Crippen molar-refractivity contribution in [3.63, 3.8) is 0 Å². The molecule has 0 bridgehead atoms. The first-order chi connectivity index (χ1) is 13.1. The third-order valence-corrected chi connectivity index (χ3v) is 3.94. The Morgan fingerprint density at radius 2 is 1.67 bits per heavy atom. The van der Waals surface area contributed by atoms with Gasteiger partial charge in [0.2, 0.25) is 5.75 Å². The molecule has 0 saturated carbocycles. The van der Waals surface area contributed by atoms with Crippen molar-refractivity contribution in [2.45, 2.75) is 20.0 Å². The van der Waals surface area contributed by atoms with Gasteiger partial charge in [0.05, 0.1) is 27.9 Å². The molecule has 27 heavy (non-hydrogen) atoms. The van der Waals surface area contributed by atoms with Gasteiger partial charge in [-0.25, -0.2) is 9.38 Å². The number of halogens is 1. The maximum Gasteiger partial charge on any atom is 0.203 e. The minimum absolute atomic E-state index is 0.248. The minimum Gasteiger partial charge on any atom is -0.493 e. The van der Waals surface area contributed by atoms with Crippen LogP contribution in [0.2, 0.25) is 0 Å². The summed E-state index contributed by atoms with van der Waals surface area (Å²) in [4.78, 5) is 4.56. The Morgan fingerprint density at radius 3 is 2.30 bits per heavy atom. The molecule has 0 saturated heterocycles.